The van der Waals surface area contributed by atoms with Crippen LogP contribution < -0.4 is 11.5 Å². The Balaban J connectivity index is 0.000000181. The number of anilines is 1. The molecule has 1 aromatic heterocycles. The number of thioether (sulfide) groups is 1. The van der Waals surface area contributed by atoms with Crippen LogP contribution in [-0.4, -0.2) is 56.7 Å². The number of β-lactam (4-membered cyclic amide) rings is 1. The van der Waals surface area contributed by atoms with Gasteiger partial charge in [0.15, 0.2) is 10.8 Å². The van der Waals surface area contributed by atoms with E-state index in [1.807, 2.05) is 0 Å². The maximum atomic E-state index is 11.0. The van der Waals surface area contributed by atoms with Crippen LogP contribution in [-0.2, 0) is 19.2 Å². The van der Waals surface area contributed by atoms with E-state index in [9.17, 15) is 14.4 Å². The first-order chi connectivity index (χ1) is 11.8. The first-order valence-corrected chi connectivity index (χ1v) is 8.77. The smallest absolute Gasteiger partial charge is 0.352 e. The number of oxime groups is 1. The molecule has 2 aliphatic rings. The van der Waals surface area contributed by atoms with Crippen molar-refractivity contribution in [1.82, 2.24) is 9.88 Å². The van der Waals surface area contributed by atoms with Crippen LogP contribution in [0.1, 0.15) is 12.1 Å². The number of rotatable bonds is 4. The van der Waals surface area contributed by atoms with Crippen molar-refractivity contribution in [3.63, 3.8) is 0 Å². The number of nitrogen functional groups attached to an aromatic ring is 1. The molecule has 1 fully saturated rings. The van der Waals surface area contributed by atoms with Crippen molar-refractivity contribution in [3.8, 4) is 0 Å². The maximum Gasteiger partial charge on any atom is 0.352 e. The fourth-order valence-corrected chi connectivity index (χ4v) is 3.71. The molecule has 0 aromatic carbocycles. The third kappa shape index (κ3) is 4.28. The van der Waals surface area contributed by atoms with Gasteiger partial charge < -0.3 is 21.4 Å². The van der Waals surface area contributed by atoms with Crippen LogP contribution in [0.2, 0.25) is 0 Å². The minimum atomic E-state index is -1.01. The molecule has 3 rings (SSSR count). The van der Waals surface area contributed by atoms with E-state index in [1.54, 1.807) is 23.2 Å². The predicted molar refractivity (Wildman–Crippen MR) is 92.7 cm³/mol. The van der Waals surface area contributed by atoms with Gasteiger partial charge in [0, 0.05) is 11.1 Å². The van der Waals surface area contributed by atoms with Gasteiger partial charge in [0.25, 0.3) is 5.91 Å². The summed E-state index contributed by atoms with van der Waals surface area (Å²) in [6.07, 6.45) is 2.07. The average Bonchev–Trinajstić information content (AvgIpc) is 2.97. The number of primary amides is 1. The van der Waals surface area contributed by atoms with Gasteiger partial charge in [-0.3, -0.25) is 14.5 Å². The highest BCUT2D eigenvalue weighted by atomic mass is 32.2. The highest BCUT2D eigenvalue weighted by Crippen LogP contribution is 2.36. The summed E-state index contributed by atoms with van der Waals surface area (Å²) in [5, 5.41) is 14.2. The first kappa shape index (κ1) is 18.7. The molecule has 0 radical (unpaired) electrons. The Labute approximate surface area is 150 Å². The molecule has 1 atom stereocenters. The Morgan fingerprint density at radius 3 is 2.68 bits per heavy atom. The van der Waals surface area contributed by atoms with Crippen LogP contribution in [0, 0.1) is 0 Å². The molecule has 134 valence electrons. The molecule has 1 aromatic rings. The van der Waals surface area contributed by atoms with E-state index in [0.29, 0.717) is 23.0 Å². The van der Waals surface area contributed by atoms with Gasteiger partial charge in [0.1, 0.15) is 18.5 Å². The van der Waals surface area contributed by atoms with Gasteiger partial charge in [-0.05, 0) is 6.08 Å². The Morgan fingerprint density at radius 1 is 1.52 bits per heavy atom. The summed E-state index contributed by atoms with van der Waals surface area (Å²) in [5.74, 6) is -1.10. The standard InChI is InChI=1S/C7H7NO3S.C6H8N4O2S/c9-5-3-6-8(5)4(7(10)11)1-2-12-6;1-12-10-4(5(7)11)3-2-13-6(8)9-3/h1,6H,2-3H2,(H,10,11);2H,1H3,(H2,7,11)(H2,8,9)/t6-;/m1./s1. The Kier molecular flexibility index (Phi) is 5.98. The highest BCUT2D eigenvalue weighted by Gasteiger charge is 2.42. The number of carbonyl (C=O) groups excluding carboxylic acids is 2. The number of hydrogen-bond acceptors (Lipinski definition) is 9. The topological polar surface area (TPSA) is 161 Å². The van der Waals surface area contributed by atoms with Crippen molar-refractivity contribution < 1.29 is 24.3 Å². The lowest BCUT2D eigenvalue weighted by Crippen LogP contribution is -2.52. The first-order valence-electron chi connectivity index (χ1n) is 6.84. The van der Waals surface area contributed by atoms with E-state index in [4.69, 9.17) is 16.6 Å². The largest absolute Gasteiger partial charge is 0.477 e. The quantitative estimate of drug-likeness (QED) is 0.365. The molecule has 2 amide bonds. The number of carbonyl (C=O) groups is 3. The zero-order chi connectivity index (χ0) is 18.6. The molecule has 3 heterocycles. The summed E-state index contributed by atoms with van der Waals surface area (Å²) in [6.45, 7) is 0. The van der Waals surface area contributed by atoms with Crippen LogP contribution in [0.25, 0.3) is 0 Å². The van der Waals surface area contributed by atoms with E-state index < -0.39 is 11.9 Å². The number of aliphatic carboxylic acids is 1. The molecule has 0 bridgehead atoms. The number of hydrogen-bond donors (Lipinski definition) is 3. The molecular weight excluding hydrogens is 370 g/mol. The highest BCUT2D eigenvalue weighted by molar-refractivity contribution is 8.00. The van der Waals surface area contributed by atoms with Crippen LogP contribution in [0.3, 0.4) is 0 Å². The lowest BCUT2D eigenvalue weighted by atomic mass is 10.1. The van der Waals surface area contributed by atoms with Gasteiger partial charge in [0.2, 0.25) is 5.91 Å². The summed E-state index contributed by atoms with van der Waals surface area (Å²) in [7, 11) is 1.32. The maximum absolute atomic E-state index is 11.0. The van der Waals surface area contributed by atoms with E-state index in [-0.39, 0.29) is 22.7 Å². The summed E-state index contributed by atoms with van der Waals surface area (Å²) in [6, 6.07) is 0. The van der Waals surface area contributed by atoms with Crippen LogP contribution in [0.5, 0.6) is 0 Å². The van der Waals surface area contributed by atoms with Crippen molar-refractivity contribution in [1.29, 1.82) is 0 Å². The molecule has 12 heteroatoms. The van der Waals surface area contributed by atoms with Crippen molar-refractivity contribution in [2.24, 2.45) is 10.9 Å². The van der Waals surface area contributed by atoms with Gasteiger partial charge in [-0.25, -0.2) is 9.78 Å². The average molecular weight is 385 g/mol. The summed E-state index contributed by atoms with van der Waals surface area (Å²) >= 11 is 2.80. The third-order valence-corrected chi connectivity index (χ3v) is 4.93. The molecule has 1 saturated heterocycles. The van der Waals surface area contributed by atoms with Gasteiger partial charge in [-0.2, -0.15) is 0 Å². The normalized spacial score (nSPS) is 19.0. The number of thiazole rings is 1. The van der Waals surface area contributed by atoms with Crippen molar-refractivity contribution in [2.45, 2.75) is 11.8 Å². The fourth-order valence-electron chi connectivity index (χ4n) is 2.04. The van der Waals surface area contributed by atoms with Crippen molar-refractivity contribution in [2.75, 3.05) is 18.6 Å². The second-order valence-electron chi connectivity index (χ2n) is 4.71. The van der Waals surface area contributed by atoms with E-state index in [2.05, 4.69) is 15.0 Å². The SMILES string of the molecule is CON=C(C(N)=O)c1csc(N)n1.O=C(O)C1=CCS[C@@H]2CC(=O)N12. The number of nitrogens with two attached hydrogens (primary N) is 2. The van der Waals surface area contributed by atoms with E-state index >= 15 is 0 Å². The van der Waals surface area contributed by atoms with E-state index in [0.717, 1.165) is 0 Å². The monoisotopic (exact) mass is 385 g/mol. The van der Waals surface area contributed by atoms with Crippen LogP contribution >= 0.6 is 23.1 Å². The molecule has 2 aliphatic heterocycles. The van der Waals surface area contributed by atoms with E-state index in [1.165, 1.54) is 23.3 Å². The second kappa shape index (κ2) is 7.98. The van der Waals surface area contributed by atoms with Crippen LogP contribution in [0.4, 0.5) is 5.13 Å². The molecule has 10 nitrogen and oxygen atoms in total. The molecule has 25 heavy (non-hydrogen) atoms. The van der Waals surface area contributed by atoms with Gasteiger partial charge in [0.05, 0.1) is 11.8 Å². The minimum Gasteiger partial charge on any atom is -0.477 e. The van der Waals surface area contributed by atoms with Crippen molar-refractivity contribution >= 4 is 51.7 Å². The Bertz CT molecular complexity index is 760. The van der Waals surface area contributed by atoms with Gasteiger partial charge in [-0.1, -0.05) is 5.16 Å². The lowest BCUT2D eigenvalue weighted by molar-refractivity contribution is -0.146. The molecular formula is C13H15N5O5S2. The number of aromatic nitrogens is 1. The fraction of sp³-hybridized carbons (Fsp3) is 0.308. The molecule has 0 unspecified atom stereocenters. The zero-order valence-corrected chi connectivity index (χ0v) is 14.7. The zero-order valence-electron chi connectivity index (χ0n) is 13.0. The summed E-state index contributed by atoms with van der Waals surface area (Å²) in [5.41, 5.74) is 10.9. The number of carboxylic acids is 1. The third-order valence-electron chi connectivity index (χ3n) is 3.13. The Morgan fingerprint density at radius 2 is 2.24 bits per heavy atom. The predicted octanol–water partition coefficient (Wildman–Crippen LogP) is -0.179. The number of carboxylic acid groups (broad SMARTS) is 1. The minimum absolute atomic E-state index is 0.0320. The number of amides is 2. The van der Waals surface area contributed by atoms with Crippen molar-refractivity contribution in [3.05, 3.63) is 22.8 Å². The van der Waals surface area contributed by atoms with Gasteiger partial charge >= 0.3 is 5.97 Å². The summed E-state index contributed by atoms with van der Waals surface area (Å²) in [4.78, 5) is 42.1. The number of nitrogens with zero attached hydrogens (tertiary/aromatic N) is 3. The number of fused-ring (bicyclic) bond motifs is 1. The molecule has 0 spiro atoms. The lowest BCUT2D eigenvalue weighted by Gasteiger charge is -2.42. The van der Waals surface area contributed by atoms with Crippen LogP contribution in [0.15, 0.2) is 22.3 Å². The second-order valence-corrected chi connectivity index (χ2v) is 6.81. The molecule has 0 aliphatic carbocycles. The molecule has 5 N–H and O–H groups in total. The molecule has 0 saturated carbocycles. The Hall–Kier alpha value is -2.60. The van der Waals surface area contributed by atoms with Gasteiger partial charge in [-0.15, -0.1) is 23.1 Å². The summed E-state index contributed by atoms with van der Waals surface area (Å²) < 4.78 is 0.